The maximum atomic E-state index is 8.71. The number of rotatable bonds is 4. The highest BCUT2D eigenvalue weighted by molar-refractivity contribution is 5.47. The molecule has 0 N–H and O–H groups in total. The summed E-state index contributed by atoms with van der Waals surface area (Å²) in [5, 5.41) is 8.71. The molecule has 0 radical (unpaired) electrons. The van der Waals surface area contributed by atoms with Crippen LogP contribution < -0.4 is 9.47 Å². The van der Waals surface area contributed by atoms with E-state index in [-0.39, 0.29) is 0 Å². The van der Waals surface area contributed by atoms with Crippen LogP contribution in [-0.2, 0) is 6.42 Å². The number of nitriles is 1. The van der Waals surface area contributed by atoms with Crippen LogP contribution in [0.4, 0.5) is 0 Å². The normalized spacial score (nSPS) is 14.4. The van der Waals surface area contributed by atoms with Gasteiger partial charge in [-0.3, -0.25) is 0 Å². The summed E-state index contributed by atoms with van der Waals surface area (Å²) in [7, 11) is 1.62. The molecule has 78 valence electrons. The lowest BCUT2D eigenvalue weighted by Crippen LogP contribution is -2.01. The van der Waals surface area contributed by atoms with Crippen LogP contribution in [0.3, 0.4) is 0 Å². The van der Waals surface area contributed by atoms with Crippen LogP contribution in [0, 0.1) is 11.3 Å². The molecule has 0 saturated heterocycles. The molecule has 0 unspecified atom stereocenters. The summed E-state index contributed by atoms with van der Waals surface area (Å²) in [5.41, 5.74) is 0.906. The van der Waals surface area contributed by atoms with Crippen LogP contribution in [0.2, 0.25) is 0 Å². The van der Waals surface area contributed by atoms with Crippen molar-refractivity contribution >= 4 is 0 Å². The zero-order chi connectivity index (χ0) is 10.7. The minimum Gasteiger partial charge on any atom is -0.493 e. The molecule has 1 aromatic carbocycles. The Morgan fingerprint density at radius 3 is 2.87 bits per heavy atom. The minimum atomic E-state index is 0.318. The molecule has 3 heteroatoms. The Labute approximate surface area is 89.2 Å². The molecular weight excluding hydrogens is 190 g/mol. The van der Waals surface area contributed by atoms with Gasteiger partial charge < -0.3 is 9.47 Å². The van der Waals surface area contributed by atoms with Crippen LogP contribution in [0.15, 0.2) is 18.2 Å². The summed E-state index contributed by atoms with van der Waals surface area (Å²) in [6.45, 7) is 0. The second-order valence-electron chi connectivity index (χ2n) is 3.60. The summed E-state index contributed by atoms with van der Waals surface area (Å²) in [4.78, 5) is 0. The van der Waals surface area contributed by atoms with Gasteiger partial charge in [-0.25, -0.2) is 0 Å². The Bertz CT molecular complexity index is 391. The van der Waals surface area contributed by atoms with E-state index < -0.39 is 0 Å². The molecule has 1 aliphatic carbocycles. The summed E-state index contributed by atoms with van der Waals surface area (Å²) in [6.07, 6.45) is 2.88. The van der Waals surface area contributed by atoms with Gasteiger partial charge in [0.2, 0.25) is 0 Å². The largest absolute Gasteiger partial charge is 0.493 e. The van der Waals surface area contributed by atoms with Crippen molar-refractivity contribution in [1.29, 1.82) is 5.26 Å². The van der Waals surface area contributed by atoms with E-state index in [9.17, 15) is 0 Å². The van der Waals surface area contributed by atoms with Gasteiger partial charge in [0.05, 0.1) is 25.7 Å². The van der Waals surface area contributed by atoms with Gasteiger partial charge in [0, 0.05) is 5.56 Å². The molecule has 1 saturated carbocycles. The van der Waals surface area contributed by atoms with Crippen molar-refractivity contribution < 1.29 is 9.47 Å². The molecule has 1 aliphatic rings. The van der Waals surface area contributed by atoms with Gasteiger partial charge in [0.15, 0.2) is 11.5 Å². The first-order valence-corrected chi connectivity index (χ1v) is 5.04. The first-order chi connectivity index (χ1) is 7.35. The molecular formula is C12H13NO2. The Balaban J connectivity index is 2.30. The number of benzene rings is 1. The predicted octanol–water partition coefficient (Wildman–Crippen LogP) is 2.30. The molecule has 3 nitrogen and oxygen atoms in total. The van der Waals surface area contributed by atoms with Crippen LogP contribution in [-0.4, -0.2) is 13.2 Å². The Morgan fingerprint density at radius 2 is 2.27 bits per heavy atom. The topological polar surface area (TPSA) is 42.2 Å². The average Bonchev–Trinajstić information content (AvgIpc) is 3.05. The Kier molecular flexibility index (Phi) is 2.77. The Morgan fingerprint density at radius 1 is 1.47 bits per heavy atom. The maximum absolute atomic E-state index is 8.71. The van der Waals surface area contributed by atoms with Gasteiger partial charge in [-0.2, -0.15) is 5.26 Å². The third-order valence-electron chi connectivity index (χ3n) is 2.36. The Hall–Kier alpha value is -1.69. The van der Waals surface area contributed by atoms with Crippen molar-refractivity contribution in [2.75, 3.05) is 7.11 Å². The molecule has 0 atom stereocenters. The second kappa shape index (κ2) is 4.22. The number of nitrogens with zero attached hydrogens (tertiary/aromatic N) is 1. The molecule has 15 heavy (non-hydrogen) atoms. The first-order valence-electron chi connectivity index (χ1n) is 5.04. The van der Waals surface area contributed by atoms with E-state index in [0.717, 1.165) is 29.9 Å². The molecule has 2 rings (SSSR count). The fourth-order valence-electron chi connectivity index (χ4n) is 1.43. The van der Waals surface area contributed by atoms with Crippen molar-refractivity contribution in [3.8, 4) is 17.6 Å². The van der Waals surface area contributed by atoms with E-state index >= 15 is 0 Å². The SMILES string of the molecule is COc1cccc(CC#N)c1OC1CC1. The monoisotopic (exact) mass is 203 g/mol. The number of hydrogen-bond donors (Lipinski definition) is 0. The summed E-state index contributed by atoms with van der Waals surface area (Å²) < 4.78 is 11.0. The van der Waals surface area contributed by atoms with Gasteiger partial charge in [0.1, 0.15) is 0 Å². The van der Waals surface area contributed by atoms with Crippen LogP contribution in [0.25, 0.3) is 0 Å². The number of hydrogen-bond acceptors (Lipinski definition) is 3. The molecule has 1 aromatic rings. The number of methoxy groups -OCH3 is 1. The smallest absolute Gasteiger partial charge is 0.165 e. The molecule has 0 spiro atoms. The lowest BCUT2D eigenvalue weighted by Gasteiger charge is -2.12. The van der Waals surface area contributed by atoms with E-state index in [1.54, 1.807) is 7.11 Å². The van der Waals surface area contributed by atoms with E-state index in [2.05, 4.69) is 6.07 Å². The molecule has 0 bridgehead atoms. The van der Waals surface area contributed by atoms with E-state index in [0.29, 0.717) is 12.5 Å². The molecule has 1 fully saturated rings. The van der Waals surface area contributed by atoms with Crippen molar-refractivity contribution in [2.45, 2.75) is 25.4 Å². The zero-order valence-corrected chi connectivity index (χ0v) is 8.69. The fourth-order valence-corrected chi connectivity index (χ4v) is 1.43. The second-order valence-corrected chi connectivity index (χ2v) is 3.60. The first kappa shape index (κ1) is 9.85. The lowest BCUT2D eigenvalue weighted by molar-refractivity contribution is 0.279. The third-order valence-corrected chi connectivity index (χ3v) is 2.36. The molecule has 0 amide bonds. The number of ether oxygens (including phenoxy) is 2. The highest BCUT2D eigenvalue weighted by atomic mass is 16.5. The molecule has 0 heterocycles. The summed E-state index contributed by atoms with van der Waals surface area (Å²) in [6, 6.07) is 7.78. The van der Waals surface area contributed by atoms with Crippen LogP contribution in [0.5, 0.6) is 11.5 Å². The molecule has 0 aliphatic heterocycles. The van der Waals surface area contributed by atoms with E-state index in [4.69, 9.17) is 14.7 Å². The highest BCUT2D eigenvalue weighted by Gasteiger charge is 2.26. The van der Waals surface area contributed by atoms with Gasteiger partial charge in [-0.1, -0.05) is 12.1 Å². The van der Waals surface area contributed by atoms with Crippen LogP contribution in [0.1, 0.15) is 18.4 Å². The van der Waals surface area contributed by atoms with Crippen molar-refractivity contribution in [3.63, 3.8) is 0 Å². The van der Waals surface area contributed by atoms with Crippen molar-refractivity contribution in [2.24, 2.45) is 0 Å². The quantitative estimate of drug-likeness (QED) is 0.754. The van der Waals surface area contributed by atoms with Gasteiger partial charge in [0.25, 0.3) is 0 Å². The summed E-state index contributed by atoms with van der Waals surface area (Å²) in [5.74, 6) is 1.46. The van der Waals surface area contributed by atoms with E-state index in [1.165, 1.54) is 0 Å². The van der Waals surface area contributed by atoms with Gasteiger partial charge >= 0.3 is 0 Å². The third kappa shape index (κ3) is 2.21. The standard InChI is InChI=1S/C12H13NO2/c1-14-11-4-2-3-9(7-8-13)12(11)15-10-5-6-10/h2-4,10H,5-7H2,1H3. The fraction of sp³-hybridized carbons (Fsp3) is 0.417. The molecule has 0 aromatic heterocycles. The number of para-hydroxylation sites is 1. The lowest BCUT2D eigenvalue weighted by atomic mass is 10.1. The summed E-state index contributed by atoms with van der Waals surface area (Å²) >= 11 is 0. The zero-order valence-electron chi connectivity index (χ0n) is 8.69. The van der Waals surface area contributed by atoms with Gasteiger partial charge in [-0.15, -0.1) is 0 Å². The predicted molar refractivity (Wildman–Crippen MR) is 56.0 cm³/mol. The average molecular weight is 203 g/mol. The van der Waals surface area contributed by atoms with Crippen molar-refractivity contribution in [3.05, 3.63) is 23.8 Å². The van der Waals surface area contributed by atoms with Gasteiger partial charge in [-0.05, 0) is 18.9 Å². The van der Waals surface area contributed by atoms with Crippen LogP contribution >= 0.6 is 0 Å². The minimum absolute atomic E-state index is 0.318. The highest BCUT2D eigenvalue weighted by Crippen LogP contribution is 2.36. The van der Waals surface area contributed by atoms with Crippen molar-refractivity contribution in [1.82, 2.24) is 0 Å². The maximum Gasteiger partial charge on any atom is 0.165 e. The van der Waals surface area contributed by atoms with E-state index in [1.807, 2.05) is 18.2 Å².